The van der Waals surface area contributed by atoms with Crippen LogP contribution in [0.3, 0.4) is 0 Å². The van der Waals surface area contributed by atoms with E-state index >= 15 is 0 Å². The summed E-state index contributed by atoms with van der Waals surface area (Å²) in [6.45, 7) is 0.789. The van der Waals surface area contributed by atoms with Crippen LogP contribution in [0.1, 0.15) is 44.9 Å². The van der Waals surface area contributed by atoms with Crippen LogP contribution in [0.25, 0.3) is 0 Å². The predicted molar refractivity (Wildman–Crippen MR) is 57.1 cm³/mol. The molecule has 0 aliphatic heterocycles. The highest BCUT2D eigenvalue weighted by atomic mass is 19.4. The molecule has 16 heavy (non-hydrogen) atoms. The Balaban J connectivity index is 1.83. The Hall–Kier alpha value is -0.250. The van der Waals surface area contributed by atoms with Crippen LogP contribution >= 0.6 is 0 Å². The second-order valence-electron chi connectivity index (χ2n) is 5.24. The zero-order chi connectivity index (χ0) is 11.6. The predicted octanol–water partition coefficient (Wildman–Crippen LogP) is 3.50. The van der Waals surface area contributed by atoms with E-state index in [9.17, 15) is 13.2 Å². The van der Waals surface area contributed by atoms with E-state index < -0.39 is 12.1 Å². The zero-order valence-electron chi connectivity index (χ0n) is 9.52. The maximum Gasteiger partial charge on any atom is 0.393 e. The number of rotatable bonds is 3. The van der Waals surface area contributed by atoms with E-state index in [0.29, 0.717) is 18.8 Å². The first kappa shape index (κ1) is 12.2. The summed E-state index contributed by atoms with van der Waals surface area (Å²) in [7, 11) is 0. The van der Waals surface area contributed by atoms with Gasteiger partial charge in [0, 0.05) is 6.04 Å². The van der Waals surface area contributed by atoms with Crippen molar-refractivity contribution in [1.29, 1.82) is 0 Å². The number of nitrogens with one attached hydrogen (secondary N) is 1. The third-order valence-corrected chi connectivity index (χ3v) is 4.08. The van der Waals surface area contributed by atoms with Gasteiger partial charge in [-0.3, -0.25) is 0 Å². The highest BCUT2D eigenvalue weighted by Gasteiger charge is 2.45. The number of alkyl halides is 3. The molecule has 0 heterocycles. The van der Waals surface area contributed by atoms with Crippen molar-refractivity contribution in [3.8, 4) is 0 Å². The van der Waals surface area contributed by atoms with E-state index in [1.54, 1.807) is 0 Å². The Morgan fingerprint density at radius 2 is 1.62 bits per heavy atom. The van der Waals surface area contributed by atoms with Gasteiger partial charge in [0.05, 0.1) is 5.92 Å². The molecule has 0 amide bonds. The van der Waals surface area contributed by atoms with Gasteiger partial charge in [-0.2, -0.15) is 13.2 Å². The fourth-order valence-corrected chi connectivity index (χ4v) is 2.78. The fraction of sp³-hybridized carbons (Fsp3) is 1.00. The normalized spacial score (nSPS) is 32.4. The van der Waals surface area contributed by atoms with Crippen molar-refractivity contribution in [1.82, 2.24) is 5.32 Å². The Kier molecular flexibility index (Phi) is 3.77. The monoisotopic (exact) mass is 235 g/mol. The lowest BCUT2D eigenvalue weighted by molar-refractivity contribution is -0.189. The van der Waals surface area contributed by atoms with Crippen molar-refractivity contribution >= 4 is 0 Å². The fourth-order valence-electron chi connectivity index (χ4n) is 2.78. The van der Waals surface area contributed by atoms with Gasteiger partial charge < -0.3 is 5.32 Å². The first-order valence-corrected chi connectivity index (χ1v) is 6.37. The maximum absolute atomic E-state index is 12.8. The molecule has 0 saturated heterocycles. The molecule has 0 aromatic rings. The van der Waals surface area contributed by atoms with Crippen LogP contribution in [0.15, 0.2) is 0 Å². The van der Waals surface area contributed by atoms with Crippen molar-refractivity contribution < 1.29 is 13.2 Å². The molecular weight excluding hydrogens is 215 g/mol. The van der Waals surface area contributed by atoms with E-state index in [4.69, 9.17) is 0 Å². The molecule has 2 aliphatic carbocycles. The summed E-state index contributed by atoms with van der Waals surface area (Å²) in [5.41, 5.74) is 0. The van der Waals surface area contributed by atoms with Gasteiger partial charge in [-0.05, 0) is 38.1 Å². The van der Waals surface area contributed by atoms with Crippen LogP contribution in [-0.4, -0.2) is 18.8 Å². The number of halogens is 3. The van der Waals surface area contributed by atoms with Crippen molar-refractivity contribution in [2.24, 2.45) is 11.8 Å². The van der Waals surface area contributed by atoms with Gasteiger partial charge in [0.25, 0.3) is 0 Å². The smallest absolute Gasteiger partial charge is 0.313 e. The number of hydrogen-bond donors (Lipinski definition) is 1. The van der Waals surface area contributed by atoms with E-state index in [1.807, 2.05) is 0 Å². The Morgan fingerprint density at radius 1 is 0.938 bits per heavy atom. The first-order chi connectivity index (χ1) is 7.57. The summed E-state index contributed by atoms with van der Waals surface area (Å²) >= 11 is 0. The molecule has 2 rings (SSSR count). The van der Waals surface area contributed by atoms with Gasteiger partial charge in [0.1, 0.15) is 0 Å². The summed E-state index contributed by atoms with van der Waals surface area (Å²) in [6.07, 6.45) is 2.29. The quantitative estimate of drug-likeness (QED) is 0.789. The van der Waals surface area contributed by atoms with Crippen molar-refractivity contribution in [2.45, 2.75) is 57.2 Å². The van der Waals surface area contributed by atoms with E-state index in [2.05, 4.69) is 5.32 Å². The van der Waals surface area contributed by atoms with Crippen LogP contribution in [0, 0.1) is 11.8 Å². The largest absolute Gasteiger partial charge is 0.393 e. The SMILES string of the molecule is FC(F)(F)C1CCCCC1NCC1CCC1. The molecule has 2 aliphatic rings. The molecule has 2 saturated carbocycles. The maximum atomic E-state index is 12.8. The molecule has 2 atom stereocenters. The molecule has 1 nitrogen and oxygen atoms in total. The zero-order valence-corrected chi connectivity index (χ0v) is 9.52. The van der Waals surface area contributed by atoms with Crippen LogP contribution in [0.2, 0.25) is 0 Å². The lowest BCUT2D eigenvalue weighted by atomic mass is 9.82. The third-order valence-electron chi connectivity index (χ3n) is 4.08. The second kappa shape index (κ2) is 4.94. The molecule has 1 N–H and O–H groups in total. The van der Waals surface area contributed by atoms with Gasteiger partial charge in [-0.1, -0.05) is 19.3 Å². The Labute approximate surface area is 94.8 Å². The topological polar surface area (TPSA) is 12.0 Å². The van der Waals surface area contributed by atoms with Gasteiger partial charge in [-0.25, -0.2) is 0 Å². The standard InChI is InChI=1S/C12H20F3N/c13-12(14,15)10-6-1-2-7-11(10)16-8-9-4-3-5-9/h9-11,16H,1-8H2. The molecule has 2 unspecified atom stereocenters. The minimum absolute atomic E-state index is 0.311. The second-order valence-corrected chi connectivity index (χ2v) is 5.24. The van der Waals surface area contributed by atoms with E-state index in [1.165, 1.54) is 19.3 Å². The molecule has 0 spiro atoms. The summed E-state index contributed by atoms with van der Waals surface area (Å²) in [5.74, 6) is -0.475. The average Bonchev–Trinajstić information content (AvgIpc) is 2.14. The lowest BCUT2D eigenvalue weighted by Crippen LogP contribution is -2.47. The van der Waals surface area contributed by atoms with Crippen LogP contribution in [0.4, 0.5) is 13.2 Å². The van der Waals surface area contributed by atoms with Gasteiger partial charge in [0.15, 0.2) is 0 Å². The summed E-state index contributed by atoms with van der Waals surface area (Å²) in [5, 5.41) is 3.16. The molecule has 0 bridgehead atoms. The van der Waals surface area contributed by atoms with Crippen LogP contribution in [-0.2, 0) is 0 Å². The van der Waals surface area contributed by atoms with Crippen LogP contribution in [0.5, 0.6) is 0 Å². The Bertz CT molecular complexity index is 223. The molecular formula is C12H20F3N. The average molecular weight is 235 g/mol. The van der Waals surface area contributed by atoms with E-state index in [-0.39, 0.29) is 6.04 Å². The molecule has 94 valence electrons. The number of hydrogen-bond acceptors (Lipinski definition) is 1. The Morgan fingerprint density at radius 3 is 2.19 bits per heavy atom. The van der Waals surface area contributed by atoms with Crippen molar-refractivity contribution in [2.75, 3.05) is 6.54 Å². The van der Waals surface area contributed by atoms with Gasteiger partial charge >= 0.3 is 6.18 Å². The third kappa shape index (κ3) is 2.90. The minimum Gasteiger partial charge on any atom is -0.313 e. The van der Waals surface area contributed by atoms with E-state index in [0.717, 1.165) is 19.4 Å². The lowest BCUT2D eigenvalue weighted by Gasteiger charge is -2.36. The molecule has 0 aromatic carbocycles. The first-order valence-electron chi connectivity index (χ1n) is 6.37. The highest BCUT2D eigenvalue weighted by Crippen LogP contribution is 2.38. The highest BCUT2D eigenvalue weighted by molar-refractivity contribution is 4.86. The van der Waals surface area contributed by atoms with Crippen LogP contribution < -0.4 is 5.32 Å². The van der Waals surface area contributed by atoms with Crippen molar-refractivity contribution in [3.63, 3.8) is 0 Å². The summed E-state index contributed by atoms with van der Waals surface area (Å²) in [4.78, 5) is 0. The summed E-state index contributed by atoms with van der Waals surface area (Å²) in [6, 6.07) is -0.325. The molecule has 0 aromatic heterocycles. The summed E-state index contributed by atoms with van der Waals surface area (Å²) < 4.78 is 38.3. The molecule has 0 radical (unpaired) electrons. The molecule has 4 heteroatoms. The molecule has 2 fully saturated rings. The minimum atomic E-state index is -4.02. The van der Waals surface area contributed by atoms with Crippen molar-refractivity contribution in [3.05, 3.63) is 0 Å². The van der Waals surface area contributed by atoms with Gasteiger partial charge in [0.2, 0.25) is 0 Å². The van der Waals surface area contributed by atoms with Gasteiger partial charge in [-0.15, -0.1) is 0 Å².